The first kappa shape index (κ1) is 22.1. The highest BCUT2D eigenvalue weighted by Crippen LogP contribution is 2.46. The first-order valence-electron chi connectivity index (χ1n) is 12.7. The van der Waals surface area contributed by atoms with Crippen molar-refractivity contribution in [1.82, 2.24) is 15.1 Å². The van der Waals surface area contributed by atoms with Gasteiger partial charge in [0.15, 0.2) is 0 Å². The number of hydrogen-bond donors (Lipinski definition) is 1. The second-order valence-corrected chi connectivity index (χ2v) is 10.0. The van der Waals surface area contributed by atoms with Crippen LogP contribution in [0.4, 0.5) is 0 Å². The summed E-state index contributed by atoms with van der Waals surface area (Å²) in [5, 5.41) is 3.39. The van der Waals surface area contributed by atoms with Gasteiger partial charge in [0.2, 0.25) is 5.91 Å². The average molecular weight is 466 g/mol. The third-order valence-corrected chi connectivity index (χ3v) is 7.90. The molecule has 1 N–H and O–H groups in total. The predicted molar refractivity (Wildman–Crippen MR) is 136 cm³/mol. The molecule has 3 aromatic carbocycles. The standard InChI is InChI=1S/C30H31N3O2/c34-29(31-23-15-17-32(18-16-23)20-21-8-2-1-3-9-21)27-25-12-6-7-13-26(25)30(35)33-19-14-22-10-4-5-11-24(22)28(27)33/h1-13,23,27-28H,14-20H2,(H,31,34)/t27-,28-/m0/s1. The van der Waals surface area contributed by atoms with Gasteiger partial charge in [0.05, 0.1) is 12.0 Å². The maximum atomic E-state index is 13.9. The van der Waals surface area contributed by atoms with E-state index in [4.69, 9.17) is 0 Å². The molecule has 2 atom stereocenters. The van der Waals surface area contributed by atoms with Crippen molar-refractivity contribution < 1.29 is 9.59 Å². The summed E-state index contributed by atoms with van der Waals surface area (Å²) in [7, 11) is 0. The number of amides is 2. The van der Waals surface area contributed by atoms with E-state index in [0.29, 0.717) is 12.1 Å². The van der Waals surface area contributed by atoms with Gasteiger partial charge in [-0.2, -0.15) is 0 Å². The molecule has 0 bridgehead atoms. The quantitative estimate of drug-likeness (QED) is 0.625. The molecule has 0 radical (unpaired) electrons. The molecule has 3 heterocycles. The summed E-state index contributed by atoms with van der Waals surface area (Å²) in [5.74, 6) is -0.316. The molecule has 178 valence electrons. The van der Waals surface area contributed by atoms with Gasteiger partial charge in [-0.15, -0.1) is 0 Å². The molecule has 0 spiro atoms. The normalized spacial score (nSPS) is 22.2. The number of fused-ring (bicyclic) bond motifs is 4. The largest absolute Gasteiger partial charge is 0.353 e. The first-order valence-corrected chi connectivity index (χ1v) is 12.7. The van der Waals surface area contributed by atoms with Crippen molar-refractivity contribution in [2.45, 2.75) is 43.8 Å². The Morgan fingerprint density at radius 1 is 0.829 bits per heavy atom. The molecular weight excluding hydrogens is 434 g/mol. The summed E-state index contributed by atoms with van der Waals surface area (Å²) in [6.45, 7) is 3.54. The lowest BCUT2D eigenvalue weighted by molar-refractivity contribution is -0.125. The zero-order valence-electron chi connectivity index (χ0n) is 19.9. The molecule has 5 nitrogen and oxygen atoms in total. The van der Waals surface area contributed by atoms with Crippen LogP contribution >= 0.6 is 0 Å². The molecule has 2 amide bonds. The lowest BCUT2D eigenvalue weighted by Crippen LogP contribution is -2.52. The third-order valence-electron chi connectivity index (χ3n) is 7.90. The number of nitrogens with zero attached hydrogens (tertiary/aromatic N) is 2. The molecule has 5 heteroatoms. The number of rotatable bonds is 4. The molecule has 1 saturated heterocycles. The number of likely N-dealkylation sites (tertiary alicyclic amines) is 1. The van der Waals surface area contributed by atoms with Crippen molar-refractivity contribution in [3.63, 3.8) is 0 Å². The molecule has 0 aromatic heterocycles. The van der Waals surface area contributed by atoms with E-state index in [-0.39, 0.29) is 23.9 Å². The second-order valence-electron chi connectivity index (χ2n) is 10.0. The SMILES string of the molecule is O=C(NC1CCN(Cc2ccccc2)CC1)[C@H]1c2ccccc2C(=O)N2CCc3ccccc3[C@@H]12. The Kier molecular flexibility index (Phi) is 5.86. The van der Waals surface area contributed by atoms with Gasteiger partial charge in [0.1, 0.15) is 0 Å². The Morgan fingerprint density at radius 3 is 2.31 bits per heavy atom. The number of carbonyl (C=O) groups excluding carboxylic acids is 2. The van der Waals surface area contributed by atoms with Crippen LogP contribution in [-0.4, -0.2) is 47.3 Å². The highest BCUT2D eigenvalue weighted by atomic mass is 16.2. The Bertz CT molecular complexity index is 1230. The van der Waals surface area contributed by atoms with E-state index in [0.717, 1.165) is 50.0 Å². The fourth-order valence-electron chi connectivity index (χ4n) is 6.13. The second kappa shape index (κ2) is 9.31. The molecule has 3 aliphatic rings. The zero-order valence-corrected chi connectivity index (χ0v) is 19.9. The molecule has 3 aromatic rings. The monoisotopic (exact) mass is 465 g/mol. The molecule has 0 saturated carbocycles. The van der Waals surface area contributed by atoms with Gasteiger partial charge >= 0.3 is 0 Å². The third kappa shape index (κ3) is 4.14. The van der Waals surface area contributed by atoms with Gasteiger partial charge < -0.3 is 10.2 Å². The lowest BCUT2D eigenvalue weighted by atomic mass is 9.75. The van der Waals surface area contributed by atoms with E-state index in [2.05, 4.69) is 46.6 Å². The summed E-state index contributed by atoms with van der Waals surface area (Å²) in [5.41, 5.74) is 5.21. The summed E-state index contributed by atoms with van der Waals surface area (Å²) in [6, 6.07) is 26.4. The van der Waals surface area contributed by atoms with E-state index in [1.54, 1.807) is 0 Å². The van der Waals surface area contributed by atoms with Crippen LogP contribution in [0.3, 0.4) is 0 Å². The van der Waals surface area contributed by atoms with Crippen LogP contribution in [0.15, 0.2) is 78.9 Å². The maximum Gasteiger partial charge on any atom is 0.254 e. The summed E-state index contributed by atoms with van der Waals surface area (Å²) < 4.78 is 0. The van der Waals surface area contributed by atoms with E-state index in [9.17, 15) is 9.59 Å². The first-order chi connectivity index (χ1) is 17.2. The van der Waals surface area contributed by atoms with E-state index in [1.807, 2.05) is 47.4 Å². The Labute approximate surface area is 206 Å². The average Bonchev–Trinajstić information content (AvgIpc) is 2.90. The Balaban J connectivity index is 1.22. The van der Waals surface area contributed by atoms with Gasteiger partial charge in [-0.1, -0.05) is 72.8 Å². The van der Waals surface area contributed by atoms with Crippen LogP contribution in [0.5, 0.6) is 0 Å². The number of nitrogens with one attached hydrogen (secondary N) is 1. The molecule has 6 rings (SSSR count). The van der Waals surface area contributed by atoms with Crippen molar-refractivity contribution in [2.75, 3.05) is 19.6 Å². The van der Waals surface area contributed by atoms with Gasteiger partial charge in [-0.3, -0.25) is 14.5 Å². The van der Waals surface area contributed by atoms with Crippen LogP contribution in [-0.2, 0) is 17.8 Å². The van der Waals surface area contributed by atoms with Gasteiger partial charge in [0, 0.05) is 37.8 Å². The molecule has 0 aliphatic carbocycles. The van der Waals surface area contributed by atoms with Gasteiger partial charge in [0.25, 0.3) is 5.91 Å². The lowest BCUT2D eigenvalue weighted by Gasteiger charge is -2.45. The minimum Gasteiger partial charge on any atom is -0.353 e. The molecule has 35 heavy (non-hydrogen) atoms. The zero-order chi connectivity index (χ0) is 23.8. The van der Waals surface area contributed by atoms with Crippen LogP contribution in [0.2, 0.25) is 0 Å². The number of piperidine rings is 1. The van der Waals surface area contributed by atoms with Crippen molar-refractivity contribution in [1.29, 1.82) is 0 Å². The summed E-state index contributed by atoms with van der Waals surface area (Å²) in [4.78, 5) is 31.7. The smallest absolute Gasteiger partial charge is 0.254 e. The van der Waals surface area contributed by atoms with Crippen molar-refractivity contribution >= 4 is 11.8 Å². The van der Waals surface area contributed by atoms with Crippen LogP contribution in [0.1, 0.15) is 57.4 Å². The van der Waals surface area contributed by atoms with Crippen molar-refractivity contribution in [2.24, 2.45) is 0 Å². The van der Waals surface area contributed by atoms with E-state index in [1.165, 1.54) is 11.1 Å². The fourth-order valence-corrected chi connectivity index (χ4v) is 6.13. The predicted octanol–water partition coefficient (Wildman–Crippen LogP) is 4.30. The number of benzene rings is 3. The Hall–Kier alpha value is -3.44. The molecule has 1 fully saturated rings. The van der Waals surface area contributed by atoms with E-state index >= 15 is 0 Å². The molecule has 0 unspecified atom stereocenters. The van der Waals surface area contributed by atoms with Crippen LogP contribution < -0.4 is 5.32 Å². The van der Waals surface area contributed by atoms with Crippen molar-refractivity contribution in [3.8, 4) is 0 Å². The van der Waals surface area contributed by atoms with E-state index < -0.39 is 5.92 Å². The maximum absolute atomic E-state index is 13.9. The topological polar surface area (TPSA) is 52.7 Å². The van der Waals surface area contributed by atoms with Gasteiger partial charge in [-0.05, 0) is 47.6 Å². The summed E-state index contributed by atoms with van der Waals surface area (Å²) >= 11 is 0. The minimum atomic E-state index is -0.396. The van der Waals surface area contributed by atoms with Gasteiger partial charge in [-0.25, -0.2) is 0 Å². The van der Waals surface area contributed by atoms with Crippen LogP contribution in [0, 0.1) is 0 Å². The highest BCUT2D eigenvalue weighted by Gasteiger charge is 2.46. The Morgan fingerprint density at radius 2 is 1.51 bits per heavy atom. The fraction of sp³-hybridized carbons (Fsp3) is 0.333. The minimum absolute atomic E-state index is 0.0400. The number of hydrogen-bond acceptors (Lipinski definition) is 3. The number of carbonyl (C=O) groups is 2. The highest BCUT2D eigenvalue weighted by molar-refractivity contribution is 6.01. The summed E-state index contributed by atoms with van der Waals surface area (Å²) in [6.07, 6.45) is 2.71. The molecule has 3 aliphatic heterocycles. The van der Waals surface area contributed by atoms with Crippen molar-refractivity contribution in [3.05, 3.63) is 107 Å². The molecular formula is C30H31N3O2. The van der Waals surface area contributed by atoms with Crippen LogP contribution in [0.25, 0.3) is 0 Å².